The number of carbonyl (C=O) groups excluding carboxylic acids is 1. The third kappa shape index (κ3) is 2.53. The van der Waals surface area contributed by atoms with Crippen LogP contribution in [0, 0.1) is 0 Å². The van der Waals surface area contributed by atoms with Gasteiger partial charge in [0.1, 0.15) is 4.93 Å². The van der Waals surface area contributed by atoms with E-state index in [0.29, 0.717) is 13.0 Å². The van der Waals surface area contributed by atoms with Gasteiger partial charge in [-0.05, 0) is 12.3 Å². The maximum absolute atomic E-state index is 11.0. The quantitative estimate of drug-likeness (QED) is 0.678. The van der Waals surface area contributed by atoms with Crippen LogP contribution in [0.15, 0.2) is 11.5 Å². The van der Waals surface area contributed by atoms with Gasteiger partial charge in [-0.15, -0.1) is 0 Å². The molecule has 0 spiro atoms. The third-order valence-electron chi connectivity index (χ3n) is 1.55. The van der Waals surface area contributed by atoms with Crippen molar-refractivity contribution >= 4 is 17.7 Å². The molecule has 0 amide bonds. The minimum Gasteiger partial charge on any atom is -0.466 e. The van der Waals surface area contributed by atoms with E-state index in [1.165, 1.54) is 11.8 Å². The van der Waals surface area contributed by atoms with Crippen molar-refractivity contribution < 1.29 is 14.6 Å². The van der Waals surface area contributed by atoms with Crippen molar-refractivity contribution in [2.24, 2.45) is 0 Å². The number of ether oxygens (including phenoxy) is 1. The van der Waals surface area contributed by atoms with Gasteiger partial charge in [0.15, 0.2) is 0 Å². The van der Waals surface area contributed by atoms with E-state index in [1.807, 2.05) is 6.08 Å². The van der Waals surface area contributed by atoms with E-state index in [-0.39, 0.29) is 12.4 Å². The smallest absolute Gasteiger partial charge is 0.309 e. The lowest BCUT2D eigenvalue weighted by Gasteiger charge is -2.19. The third-order valence-corrected chi connectivity index (χ3v) is 2.62. The molecule has 0 bridgehead atoms. The maximum Gasteiger partial charge on any atom is 0.309 e. The molecular formula is C8H12O3S. The summed E-state index contributed by atoms with van der Waals surface area (Å²) in [5, 5.41) is 11.5. The van der Waals surface area contributed by atoms with Crippen LogP contribution >= 0.6 is 11.8 Å². The zero-order chi connectivity index (χ0) is 9.03. The first-order chi connectivity index (χ1) is 5.66. The summed E-state index contributed by atoms with van der Waals surface area (Å²) in [6, 6.07) is 0. The molecular weight excluding hydrogens is 176 g/mol. The van der Waals surface area contributed by atoms with Crippen LogP contribution in [0.4, 0.5) is 0 Å². The predicted octanol–water partition coefficient (Wildman–Crippen LogP) is 1.28. The second kappa shape index (κ2) is 3.96. The molecule has 1 unspecified atom stereocenters. The summed E-state index contributed by atoms with van der Waals surface area (Å²) in [6.45, 7) is 2.12. The number of hydrogen-bond donors (Lipinski definition) is 1. The number of rotatable bonds is 3. The van der Waals surface area contributed by atoms with Gasteiger partial charge in [0.05, 0.1) is 13.0 Å². The molecule has 1 N–H and O–H groups in total. The number of carbonyl (C=O) groups is 1. The van der Waals surface area contributed by atoms with Crippen LogP contribution in [-0.2, 0) is 9.53 Å². The second-order valence-corrected chi connectivity index (χ2v) is 3.89. The highest BCUT2D eigenvalue weighted by molar-refractivity contribution is 8.03. The van der Waals surface area contributed by atoms with Crippen LogP contribution in [0.3, 0.4) is 0 Å². The summed E-state index contributed by atoms with van der Waals surface area (Å²) in [6.07, 6.45) is 2.44. The molecule has 0 aromatic rings. The fourth-order valence-electron chi connectivity index (χ4n) is 1.01. The number of aliphatic hydroxyl groups is 1. The van der Waals surface area contributed by atoms with E-state index in [1.54, 1.807) is 12.3 Å². The van der Waals surface area contributed by atoms with Gasteiger partial charge in [-0.2, -0.15) is 0 Å². The number of hydrogen-bond acceptors (Lipinski definition) is 4. The van der Waals surface area contributed by atoms with E-state index in [9.17, 15) is 9.90 Å². The van der Waals surface area contributed by atoms with Gasteiger partial charge in [-0.3, -0.25) is 4.79 Å². The van der Waals surface area contributed by atoms with Crippen molar-refractivity contribution in [3.8, 4) is 0 Å². The van der Waals surface area contributed by atoms with E-state index < -0.39 is 4.93 Å². The fraction of sp³-hybridized carbons (Fsp3) is 0.625. The largest absolute Gasteiger partial charge is 0.466 e. The number of esters is 1. The first-order valence-corrected chi connectivity index (χ1v) is 4.75. The Morgan fingerprint density at radius 1 is 1.83 bits per heavy atom. The van der Waals surface area contributed by atoms with Gasteiger partial charge in [-0.1, -0.05) is 17.8 Å². The summed E-state index contributed by atoms with van der Waals surface area (Å²) >= 11 is 1.27. The summed E-state index contributed by atoms with van der Waals surface area (Å²) in [5.41, 5.74) is 0. The van der Waals surface area contributed by atoms with Crippen molar-refractivity contribution in [2.45, 2.75) is 24.7 Å². The van der Waals surface area contributed by atoms with Crippen LogP contribution in [-0.4, -0.2) is 22.6 Å². The molecule has 0 radical (unpaired) electrons. The van der Waals surface area contributed by atoms with Gasteiger partial charge in [-0.25, -0.2) is 0 Å². The highest BCUT2D eigenvalue weighted by Crippen LogP contribution is 2.36. The Hall–Kier alpha value is -0.480. The van der Waals surface area contributed by atoms with Gasteiger partial charge in [0.2, 0.25) is 0 Å². The van der Waals surface area contributed by atoms with Crippen molar-refractivity contribution in [1.82, 2.24) is 0 Å². The Morgan fingerprint density at radius 3 is 3.08 bits per heavy atom. The minimum atomic E-state index is -0.952. The molecule has 12 heavy (non-hydrogen) atoms. The predicted molar refractivity (Wildman–Crippen MR) is 47.5 cm³/mol. The highest BCUT2D eigenvalue weighted by Gasteiger charge is 2.32. The SMILES string of the molecule is CCOC(=O)CC1(O)CC=CS1. The number of thioether (sulfide) groups is 1. The maximum atomic E-state index is 11.0. The van der Waals surface area contributed by atoms with Crippen LogP contribution in [0.25, 0.3) is 0 Å². The first-order valence-electron chi connectivity index (χ1n) is 3.87. The standard InChI is InChI=1S/C8H12O3S/c1-2-11-7(9)6-8(10)4-3-5-12-8/h3,5,10H,2,4,6H2,1H3. The van der Waals surface area contributed by atoms with Crippen molar-refractivity contribution in [3.63, 3.8) is 0 Å². The lowest BCUT2D eigenvalue weighted by molar-refractivity contribution is -0.145. The summed E-state index contributed by atoms with van der Waals surface area (Å²) in [5.74, 6) is -0.337. The van der Waals surface area contributed by atoms with E-state index >= 15 is 0 Å². The molecule has 4 heteroatoms. The van der Waals surface area contributed by atoms with Crippen LogP contribution in [0.1, 0.15) is 19.8 Å². The molecule has 0 saturated carbocycles. The van der Waals surface area contributed by atoms with E-state index in [4.69, 9.17) is 4.74 Å². The summed E-state index contributed by atoms with van der Waals surface area (Å²) in [4.78, 5) is 10.0. The molecule has 68 valence electrons. The summed E-state index contributed by atoms with van der Waals surface area (Å²) in [7, 11) is 0. The molecule has 1 atom stereocenters. The highest BCUT2D eigenvalue weighted by atomic mass is 32.2. The lowest BCUT2D eigenvalue weighted by Crippen LogP contribution is -2.25. The normalized spacial score (nSPS) is 27.5. The molecule has 1 aliphatic heterocycles. The monoisotopic (exact) mass is 188 g/mol. The van der Waals surface area contributed by atoms with Gasteiger partial charge in [0.25, 0.3) is 0 Å². The molecule has 1 rings (SSSR count). The van der Waals surface area contributed by atoms with Crippen molar-refractivity contribution in [3.05, 3.63) is 11.5 Å². The molecule has 1 heterocycles. The molecule has 0 aliphatic carbocycles. The molecule has 0 saturated heterocycles. The Morgan fingerprint density at radius 2 is 2.58 bits per heavy atom. The lowest BCUT2D eigenvalue weighted by atomic mass is 10.2. The molecule has 0 aromatic carbocycles. The van der Waals surface area contributed by atoms with E-state index in [0.717, 1.165) is 0 Å². The Balaban J connectivity index is 2.34. The Kier molecular flexibility index (Phi) is 3.17. The first kappa shape index (κ1) is 9.61. The average Bonchev–Trinajstić information content (AvgIpc) is 2.36. The molecule has 0 aromatic heterocycles. The van der Waals surface area contributed by atoms with Crippen LogP contribution in [0.2, 0.25) is 0 Å². The van der Waals surface area contributed by atoms with Gasteiger partial charge in [0, 0.05) is 6.42 Å². The van der Waals surface area contributed by atoms with Crippen LogP contribution < -0.4 is 0 Å². The average molecular weight is 188 g/mol. The topological polar surface area (TPSA) is 46.5 Å². The Bertz CT molecular complexity index is 192. The zero-order valence-electron chi connectivity index (χ0n) is 6.95. The van der Waals surface area contributed by atoms with E-state index in [2.05, 4.69) is 0 Å². The van der Waals surface area contributed by atoms with Gasteiger partial charge >= 0.3 is 5.97 Å². The van der Waals surface area contributed by atoms with Crippen molar-refractivity contribution in [1.29, 1.82) is 0 Å². The van der Waals surface area contributed by atoms with Gasteiger partial charge < -0.3 is 9.84 Å². The van der Waals surface area contributed by atoms with Crippen molar-refractivity contribution in [2.75, 3.05) is 6.61 Å². The Labute approximate surface area is 75.8 Å². The fourth-order valence-corrected chi connectivity index (χ4v) is 1.85. The molecule has 0 fully saturated rings. The minimum absolute atomic E-state index is 0.0680. The second-order valence-electron chi connectivity index (χ2n) is 2.62. The van der Waals surface area contributed by atoms with Crippen LogP contribution in [0.5, 0.6) is 0 Å². The zero-order valence-corrected chi connectivity index (χ0v) is 7.76. The molecule has 3 nitrogen and oxygen atoms in total. The molecule has 1 aliphatic rings. The summed E-state index contributed by atoms with van der Waals surface area (Å²) < 4.78 is 4.73.